The van der Waals surface area contributed by atoms with Gasteiger partial charge in [0.15, 0.2) is 0 Å². The van der Waals surface area contributed by atoms with E-state index in [1.165, 1.54) is 12.8 Å². The molecule has 18 heavy (non-hydrogen) atoms. The molecule has 1 heterocycles. The molecule has 0 N–H and O–H groups in total. The molecule has 1 saturated heterocycles. The number of rotatable bonds is 4. The molecule has 0 aromatic heterocycles. The zero-order valence-corrected chi connectivity index (χ0v) is 12.3. The third kappa shape index (κ3) is 4.45. The summed E-state index contributed by atoms with van der Waals surface area (Å²) in [5, 5.41) is 0. The third-order valence-electron chi connectivity index (χ3n) is 3.79. The zero-order valence-electron chi connectivity index (χ0n) is 12.3. The Morgan fingerprint density at radius 1 is 1.33 bits per heavy atom. The van der Waals surface area contributed by atoms with Gasteiger partial charge in [-0.2, -0.15) is 0 Å². The van der Waals surface area contributed by atoms with E-state index in [1.807, 2.05) is 6.92 Å². The van der Waals surface area contributed by atoms with Crippen molar-refractivity contribution in [1.82, 2.24) is 4.90 Å². The molecule has 0 aromatic carbocycles. The molecule has 1 fully saturated rings. The fraction of sp³-hybridized carbons (Fsp3) is 0.800. The Kier molecular flexibility index (Phi) is 5.39. The summed E-state index contributed by atoms with van der Waals surface area (Å²) in [6, 6.07) is 0. The van der Waals surface area contributed by atoms with Gasteiger partial charge in [-0.05, 0) is 44.2 Å². The van der Waals surface area contributed by atoms with Crippen LogP contribution in [-0.2, 0) is 9.53 Å². The van der Waals surface area contributed by atoms with Crippen LogP contribution in [-0.4, -0.2) is 37.1 Å². The molecule has 3 heteroatoms. The monoisotopic (exact) mass is 253 g/mol. The van der Waals surface area contributed by atoms with Gasteiger partial charge in [0.2, 0.25) is 0 Å². The minimum atomic E-state index is -0.254. The van der Waals surface area contributed by atoms with E-state index in [0.29, 0.717) is 24.1 Å². The SMILES string of the molecule is C=C(CN1CCC(C(C)(C)C)CC1)C(=O)OCC. The molecule has 0 amide bonds. The molecular weight excluding hydrogens is 226 g/mol. The van der Waals surface area contributed by atoms with E-state index < -0.39 is 0 Å². The molecule has 104 valence electrons. The number of nitrogens with zero attached hydrogens (tertiary/aromatic N) is 1. The number of hydrogen-bond acceptors (Lipinski definition) is 3. The van der Waals surface area contributed by atoms with Crippen molar-refractivity contribution >= 4 is 5.97 Å². The molecule has 0 aromatic rings. The largest absolute Gasteiger partial charge is 0.463 e. The van der Waals surface area contributed by atoms with Gasteiger partial charge in [-0.15, -0.1) is 0 Å². The minimum Gasteiger partial charge on any atom is -0.463 e. The van der Waals surface area contributed by atoms with Crippen LogP contribution < -0.4 is 0 Å². The molecular formula is C15H27NO2. The topological polar surface area (TPSA) is 29.5 Å². The predicted molar refractivity (Wildman–Crippen MR) is 74.4 cm³/mol. The van der Waals surface area contributed by atoms with E-state index in [1.54, 1.807) is 0 Å². The van der Waals surface area contributed by atoms with Gasteiger partial charge in [0.25, 0.3) is 0 Å². The number of esters is 1. The Morgan fingerprint density at radius 3 is 2.33 bits per heavy atom. The summed E-state index contributed by atoms with van der Waals surface area (Å²) in [5.41, 5.74) is 0.968. The van der Waals surface area contributed by atoms with E-state index in [9.17, 15) is 4.79 Å². The molecule has 0 radical (unpaired) electrons. The van der Waals surface area contributed by atoms with Crippen molar-refractivity contribution in [2.24, 2.45) is 11.3 Å². The van der Waals surface area contributed by atoms with Crippen LogP contribution in [0.15, 0.2) is 12.2 Å². The highest BCUT2D eigenvalue weighted by atomic mass is 16.5. The van der Waals surface area contributed by atoms with Crippen LogP contribution in [0.1, 0.15) is 40.5 Å². The average Bonchev–Trinajstić information content (AvgIpc) is 2.28. The normalized spacial score (nSPS) is 18.7. The smallest absolute Gasteiger partial charge is 0.334 e. The van der Waals surface area contributed by atoms with Crippen LogP contribution in [0.5, 0.6) is 0 Å². The maximum atomic E-state index is 11.5. The molecule has 1 aliphatic rings. The number of hydrogen-bond donors (Lipinski definition) is 0. The van der Waals surface area contributed by atoms with E-state index in [-0.39, 0.29) is 5.97 Å². The summed E-state index contributed by atoms with van der Waals surface area (Å²) in [5.74, 6) is 0.528. The Labute approximate surface area is 111 Å². The highest BCUT2D eigenvalue weighted by Gasteiger charge is 2.29. The lowest BCUT2D eigenvalue weighted by Crippen LogP contribution is -2.39. The van der Waals surface area contributed by atoms with Gasteiger partial charge in [-0.1, -0.05) is 27.4 Å². The van der Waals surface area contributed by atoms with Crippen molar-refractivity contribution in [3.8, 4) is 0 Å². The maximum absolute atomic E-state index is 11.5. The van der Waals surface area contributed by atoms with Gasteiger partial charge in [0, 0.05) is 12.1 Å². The van der Waals surface area contributed by atoms with Crippen molar-refractivity contribution in [3.05, 3.63) is 12.2 Å². The first-order chi connectivity index (χ1) is 8.34. The van der Waals surface area contributed by atoms with E-state index in [0.717, 1.165) is 19.0 Å². The number of likely N-dealkylation sites (tertiary alicyclic amines) is 1. The number of carbonyl (C=O) groups excluding carboxylic acids is 1. The highest BCUT2D eigenvalue weighted by Crippen LogP contribution is 2.34. The Bertz CT molecular complexity index is 296. The average molecular weight is 253 g/mol. The molecule has 0 bridgehead atoms. The third-order valence-corrected chi connectivity index (χ3v) is 3.79. The summed E-state index contributed by atoms with van der Waals surface area (Å²) in [6.45, 7) is 15.8. The second-order valence-corrected chi connectivity index (χ2v) is 6.24. The van der Waals surface area contributed by atoms with Crippen LogP contribution in [0.25, 0.3) is 0 Å². The fourth-order valence-electron chi connectivity index (χ4n) is 2.52. The van der Waals surface area contributed by atoms with Gasteiger partial charge < -0.3 is 4.74 Å². The summed E-state index contributed by atoms with van der Waals surface area (Å²) in [7, 11) is 0. The van der Waals surface area contributed by atoms with Crippen LogP contribution in [0.3, 0.4) is 0 Å². The fourth-order valence-corrected chi connectivity index (χ4v) is 2.52. The first-order valence-corrected chi connectivity index (χ1v) is 6.91. The Balaban J connectivity index is 2.36. The first kappa shape index (κ1) is 15.2. The summed E-state index contributed by atoms with van der Waals surface area (Å²) in [4.78, 5) is 13.8. The summed E-state index contributed by atoms with van der Waals surface area (Å²) >= 11 is 0. The molecule has 0 aliphatic carbocycles. The van der Waals surface area contributed by atoms with Crippen LogP contribution >= 0.6 is 0 Å². The molecule has 0 unspecified atom stereocenters. The van der Waals surface area contributed by atoms with Crippen molar-refractivity contribution < 1.29 is 9.53 Å². The van der Waals surface area contributed by atoms with Crippen molar-refractivity contribution in [1.29, 1.82) is 0 Å². The van der Waals surface area contributed by atoms with Crippen molar-refractivity contribution in [2.75, 3.05) is 26.2 Å². The Hall–Kier alpha value is -0.830. The predicted octanol–water partition coefficient (Wildman–Crippen LogP) is 2.86. The number of ether oxygens (including phenoxy) is 1. The van der Waals surface area contributed by atoms with E-state index in [2.05, 4.69) is 32.3 Å². The van der Waals surface area contributed by atoms with Gasteiger partial charge in [0.05, 0.1) is 6.61 Å². The first-order valence-electron chi connectivity index (χ1n) is 6.91. The van der Waals surface area contributed by atoms with Gasteiger partial charge in [0.1, 0.15) is 0 Å². The lowest BCUT2D eigenvalue weighted by Gasteiger charge is -2.38. The van der Waals surface area contributed by atoms with Crippen LogP contribution in [0, 0.1) is 11.3 Å². The number of carbonyl (C=O) groups is 1. The quantitative estimate of drug-likeness (QED) is 0.570. The van der Waals surface area contributed by atoms with Gasteiger partial charge >= 0.3 is 5.97 Å². The highest BCUT2D eigenvalue weighted by molar-refractivity contribution is 5.88. The lowest BCUT2D eigenvalue weighted by molar-refractivity contribution is -0.138. The van der Waals surface area contributed by atoms with Gasteiger partial charge in [-0.25, -0.2) is 4.79 Å². The Morgan fingerprint density at radius 2 is 1.89 bits per heavy atom. The van der Waals surface area contributed by atoms with E-state index >= 15 is 0 Å². The molecule has 0 spiro atoms. The standard InChI is InChI=1S/C15H27NO2/c1-6-18-14(17)12(2)11-16-9-7-13(8-10-16)15(3,4)5/h13H,2,6-11H2,1,3-5H3. The second-order valence-electron chi connectivity index (χ2n) is 6.24. The van der Waals surface area contributed by atoms with Crippen molar-refractivity contribution in [3.63, 3.8) is 0 Å². The molecule has 0 atom stereocenters. The van der Waals surface area contributed by atoms with Crippen molar-refractivity contribution in [2.45, 2.75) is 40.5 Å². The summed E-state index contributed by atoms with van der Waals surface area (Å²) < 4.78 is 4.96. The van der Waals surface area contributed by atoms with Gasteiger partial charge in [-0.3, -0.25) is 4.90 Å². The second kappa shape index (κ2) is 6.37. The molecule has 1 aliphatic heterocycles. The zero-order chi connectivity index (χ0) is 13.8. The van der Waals surface area contributed by atoms with E-state index in [4.69, 9.17) is 4.74 Å². The summed E-state index contributed by atoms with van der Waals surface area (Å²) in [6.07, 6.45) is 2.42. The van der Waals surface area contributed by atoms with Crippen LogP contribution in [0.2, 0.25) is 0 Å². The molecule has 3 nitrogen and oxygen atoms in total. The minimum absolute atomic E-state index is 0.254. The lowest BCUT2D eigenvalue weighted by atomic mass is 9.75. The van der Waals surface area contributed by atoms with Crippen LogP contribution in [0.4, 0.5) is 0 Å². The molecule has 0 saturated carbocycles. The maximum Gasteiger partial charge on any atom is 0.334 e. The molecule has 1 rings (SSSR count). The number of piperidine rings is 1.